The van der Waals surface area contributed by atoms with Crippen LogP contribution in [0.3, 0.4) is 0 Å². The maximum Gasteiger partial charge on any atom is 0.244 e. The largest absolute Gasteiger partial charge is 0.464 e. The standard InChI is InChI=1S/C11H15N3O4S/c1-8-11(5-10(18-8)7-12-2)19(15,16)13-6-9-3-4-17-14-9/h3-5,12-13H,6-7H2,1-2H3. The molecule has 0 spiro atoms. The minimum Gasteiger partial charge on any atom is -0.464 e. The van der Waals surface area contributed by atoms with Crippen LogP contribution in [0, 0.1) is 6.92 Å². The van der Waals surface area contributed by atoms with Crippen molar-refractivity contribution in [2.45, 2.75) is 24.9 Å². The van der Waals surface area contributed by atoms with Gasteiger partial charge in [0, 0.05) is 12.1 Å². The highest BCUT2D eigenvalue weighted by Crippen LogP contribution is 2.20. The minimum atomic E-state index is -3.62. The van der Waals surface area contributed by atoms with Gasteiger partial charge >= 0.3 is 0 Å². The van der Waals surface area contributed by atoms with E-state index in [1.807, 2.05) is 0 Å². The molecule has 0 aliphatic rings. The van der Waals surface area contributed by atoms with E-state index in [0.29, 0.717) is 23.8 Å². The second-order valence-corrected chi connectivity index (χ2v) is 5.71. The highest BCUT2D eigenvalue weighted by Gasteiger charge is 2.21. The van der Waals surface area contributed by atoms with E-state index in [2.05, 4.69) is 19.7 Å². The molecule has 2 rings (SSSR count). The number of rotatable bonds is 6. The van der Waals surface area contributed by atoms with Gasteiger partial charge < -0.3 is 14.3 Å². The van der Waals surface area contributed by atoms with Crippen molar-refractivity contribution in [3.8, 4) is 0 Å². The molecule has 7 nitrogen and oxygen atoms in total. The molecule has 2 N–H and O–H groups in total. The lowest BCUT2D eigenvalue weighted by atomic mass is 10.4. The summed E-state index contributed by atoms with van der Waals surface area (Å²) in [4.78, 5) is 0.140. The van der Waals surface area contributed by atoms with Crippen LogP contribution in [-0.2, 0) is 23.1 Å². The Balaban J connectivity index is 2.14. The fourth-order valence-electron chi connectivity index (χ4n) is 1.63. The van der Waals surface area contributed by atoms with Crippen LogP contribution in [-0.4, -0.2) is 20.6 Å². The van der Waals surface area contributed by atoms with E-state index in [-0.39, 0.29) is 11.4 Å². The third-order valence-corrected chi connectivity index (χ3v) is 4.01. The van der Waals surface area contributed by atoms with E-state index in [1.54, 1.807) is 20.0 Å². The van der Waals surface area contributed by atoms with Crippen molar-refractivity contribution in [1.82, 2.24) is 15.2 Å². The lowest BCUT2D eigenvalue weighted by Crippen LogP contribution is -2.23. The van der Waals surface area contributed by atoms with Gasteiger partial charge in [-0.05, 0) is 14.0 Å². The van der Waals surface area contributed by atoms with Crippen LogP contribution in [0.2, 0.25) is 0 Å². The summed E-state index contributed by atoms with van der Waals surface area (Å²) in [6.45, 7) is 2.16. The topological polar surface area (TPSA) is 97.4 Å². The highest BCUT2D eigenvalue weighted by atomic mass is 32.2. The Morgan fingerprint density at radius 1 is 1.37 bits per heavy atom. The molecule has 2 aromatic heterocycles. The van der Waals surface area contributed by atoms with E-state index in [0.717, 1.165) is 0 Å². The summed E-state index contributed by atoms with van der Waals surface area (Å²) in [7, 11) is -1.86. The van der Waals surface area contributed by atoms with Crippen molar-refractivity contribution >= 4 is 10.0 Å². The van der Waals surface area contributed by atoms with Crippen LogP contribution >= 0.6 is 0 Å². The zero-order valence-corrected chi connectivity index (χ0v) is 11.5. The van der Waals surface area contributed by atoms with E-state index in [4.69, 9.17) is 4.42 Å². The van der Waals surface area contributed by atoms with Gasteiger partial charge in [0.05, 0.1) is 18.8 Å². The molecule has 0 saturated heterocycles. The Kier molecular flexibility index (Phi) is 4.03. The van der Waals surface area contributed by atoms with Crippen LogP contribution in [0.5, 0.6) is 0 Å². The number of furan rings is 1. The van der Waals surface area contributed by atoms with Gasteiger partial charge in [-0.15, -0.1) is 0 Å². The van der Waals surface area contributed by atoms with Crippen molar-refractivity contribution in [3.63, 3.8) is 0 Å². The quantitative estimate of drug-likeness (QED) is 0.813. The van der Waals surface area contributed by atoms with Crippen molar-refractivity contribution in [2.24, 2.45) is 0 Å². The zero-order valence-electron chi connectivity index (χ0n) is 10.6. The average molecular weight is 285 g/mol. The number of hydrogen-bond donors (Lipinski definition) is 2. The molecule has 0 aliphatic carbocycles. The van der Waals surface area contributed by atoms with Crippen molar-refractivity contribution < 1.29 is 17.4 Å². The van der Waals surface area contributed by atoms with Crippen LogP contribution in [0.15, 0.2) is 32.2 Å². The lowest BCUT2D eigenvalue weighted by Gasteiger charge is -2.02. The summed E-state index contributed by atoms with van der Waals surface area (Å²) in [6, 6.07) is 3.11. The first kappa shape index (κ1) is 13.8. The molecule has 8 heteroatoms. The minimum absolute atomic E-state index is 0.0742. The SMILES string of the molecule is CNCc1cc(S(=O)(=O)NCc2ccon2)c(C)o1. The Labute approximate surface area is 111 Å². The highest BCUT2D eigenvalue weighted by molar-refractivity contribution is 7.89. The molecule has 0 saturated carbocycles. The summed E-state index contributed by atoms with van der Waals surface area (Å²) < 4.78 is 36.7. The molecule has 2 aromatic rings. The first-order valence-electron chi connectivity index (χ1n) is 5.66. The maximum absolute atomic E-state index is 12.1. The lowest BCUT2D eigenvalue weighted by molar-refractivity contribution is 0.411. The molecular formula is C11H15N3O4S. The van der Waals surface area contributed by atoms with Crippen LogP contribution in [0.4, 0.5) is 0 Å². The van der Waals surface area contributed by atoms with Gasteiger partial charge in [0.1, 0.15) is 22.7 Å². The smallest absolute Gasteiger partial charge is 0.244 e. The first-order valence-corrected chi connectivity index (χ1v) is 7.14. The molecule has 0 fully saturated rings. The third-order valence-electron chi connectivity index (χ3n) is 2.50. The van der Waals surface area contributed by atoms with E-state index >= 15 is 0 Å². The maximum atomic E-state index is 12.1. The van der Waals surface area contributed by atoms with Crippen LogP contribution < -0.4 is 10.0 Å². The summed E-state index contributed by atoms with van der Waals surface area (Å²) in [5.74, 6) is 0.930. The summed E-state index contributed by atoms with van der Waals surface area (Å²) in [5.41, 5.74) is 0.514. The average Bonchev–Trinajstić information content (AvgIpc) is 2.97. The molecule has 0 aromatic carbocycles. The number of sulfonamides is 1. The van der Waals surface area contributed by atoms with E-state index < -0.39 is 10.0 Å². The number of nitrogens with zero attached hydrogens (tertiary/aromatic N) is 1. The van der Waals surface area contributed by atoms with Gasteiger partial charge in [0.25, 0.3) is 0 Å². The second-order valence-electron chi connectivity index (χ2n) is 3.98. The molecule has 0 atom stereocenters. The summed E-state index contributed by atoms with van der Waals surface area (Å²) >= 11 is 0. The Morgan fingerprint density at radius 2 is 2.16 bits per heavy atom. The Hall–Kier alpha value is -1.64. The Bertz CT molecular complexity index is 631. The zero-order chi connectivity index (χ0) is 13.9. The molecule has 0 unspecified atom stereocenters. The molecule has 0 amide bonds. The van der Waals surface area contributed by atoms with Gasteiger partial charge in [0.15, 0.2) is 0 Å². The number of nitrogens with one attached hydrogen (secondary N) is 2. The van der Waals surface area contributed by atoms with E-state index in [1.165, 1.54) is 12.3 Å². The molecule has 2 heterocycles. The van der Waals surface area contributed by atoms with Crippen LogP contribution in [0.25, 0.3) is 0 Å². The van der Waals surface area contributed by atoms with Crippen molar-refractivity contribution in [1.29, 1.82) is 0 Å². The molecule has 0 bridgehead atoms. The molecule has 104 valence electrons. The van der Waals surface area contributed by atoms with Crippen LogP contribution in [0.1, 0.15) is 17.2 Å². The van der Waals surface area contributed by atoms with Gasteiger partial charge in [-0.1, -0.05) is 5.16 Å². The molecule has 0 radical (unpaired) electrons. The number of aromatic nitrogens is 1. The van der Waals surface area contributed by atoms with Crippen molar-refractivity contribution in [2.75, 3.05) is 7.05 Å². The van der Waals surface area contributed by atoms with Gasteiger partial charge in [-0.3, -0.25) is 0 Å². The predicted octanol–water partition coefficient (Wildman–Crippen LogP) is 0.774. The number of hydrogen-bond acceptors (Lipinski definition) is 6. The summed E-state index contributed by atoms with van der Waals surface area (Å²) in [5, 5.41) is 6.53. The summed E-state index contributed by atoms with van der Waals surface area (Å²) in [6.07, 6.45) is 1.39. The molecule has 0 aliphatic heterocycles. The van der Waals surface area contributed by atoms with Gasteiger partial charge in [-0.25, -0.2) is 13.1 Å². The monoisotopic (exact) mass is 285 g/mol. The number of aryl methyl sites for hydroxylation is 1. The van der Waals surface area contributed by atoms with Gasteiger partial charge in [0.2, 0.25) is 10.0 Å². The normalized spacial score (nSPS) is 11.9. The third kappa shape index (κ3) is 3.22. The fraction of sp³-hybridized carbons (Fsp3) is 0.364. The first-order chi connectivity index (χ1) is 9.03. The van der Waals surface area contributed by atoms with Gasteiger partial charge in [-0.2, -0.15) is 0 Å². The molecule has 19 heavy (non-hydrogen) atoms. The predicted molar refractivity (Wildman–Crippen MR) is 66.7 cm³/mol. The van der Waals surface area contributed by atoms with E-state index in [9.17, 15) is 8.42 Å². The Morgan fingerprint density at radius 3 is 2.79 bits per heavy atom. The van der Waals surface area contributed by atoms with Crippen molar-refractivity contribution in [3.05, 3.63) is 35.6 Å². The fourth-order valence-corrected chi connectivity index (χ4v) is 2.83. The molecular weight excluding hydrogens is 270 g/mol. The second kappa shape index (κ2) is 5.55.